The highest BCUT2D eigenvalue weighted by Gasteiger charge is 2.27. The van der Waals surface area contributed by atoms with Crippen molar-refractivity contribution in [2.24, 2.45) is 5.92 Å². The summed E-state index contributed by atoms with van der Waals surface area (Å²) < 4.78 is 29.5. The summed E-state index contributed by atoms with van der Waals surface area (Å²) in [6, 6.07) is 16.7. The average Bonchev–Trinajstić information content (AvgIpc) is 3.38. The first-order valence-corrected chi connectivity index (χ1v) is 13.9. The molecule has 0 aliphatic carbocycles. The molecule has 1 aromatic heterocycles. The molecule has 0 saturated carbocycles. The molecule has 1 amide bonds. The van der Waals surface area contributed by atoms with Gasteiger partial charge in [-0.15, -0.1) is 0 Å². The number of benzene rings is 2. The minimum absolute atomic E-state index is 0.0297. The van der Waals surface area contributed by atoms with Crippen molar-refractivity contribution in [3.63, 3.8) is 0 Å². The summed E-state index contributed by atoms with van der Waals surface area (Å²) in [5, 5.41) is 0. The van der Waals surface area contributed by atoms with Crippen LogP contribution in [0.2, 0.25) is 0 Å². The largest absolute Gasteiger partial charge is 0.339 e. The number of hydrogen-bond acceptors (Lipinski definition) is 4. The Balaban J connectivity index is 1.18. The lowest BCUT2D eigenvalue weighted by atomic mass is 9.96. The molecule has 3 heterocycles. The zero-order valence-electron chi connectivity index (χ0n) is 19.9. The van der Waals surface area contributed by atoms with Gasteiger partial charge >= 0.3 is 0 Å². The fourth-order valence-corrected chi connectivity index (χ4v) is 6.62. The van der Waals surface area contributed by atoms with E-state index in [2.05, 4.69) is 21.7 Å². The predicted molar refractivity (Wildman–Crippen MR) is 135 cm³/mol. The molecule has 7 nitrogen and oxygen atoms in total. The molecular weight excluding hydrogens is 460 g/mol. The van der Waals surface area contributed by atoms with Crippen LogP contribution in [0.5, 0.6) is 0 Å². The Morgan fingerprint density at radius 1 is 0.886 bits per heavy atom. The maximum atomic E-state index is 13.1. The lowest BCUT2D eigenvalue weighted by Gasteiger charge is -2.32. The molecule has 2 saturated heterocycles. The number of imidazole rings is 1. The van der Waals surface area contributed by atoms with Gasteiger partial charge in [-0.2, -0.15) is 4.31 Å². The van der Waals surface area contributed by atoms with E-state index in [0.717, 1.165) is 50.0 Å². The second-order valence-corrected chi connectivity index (χ2v) is 11.4. The number of hydrogen-bond donors (Lipinski definition) is 0. The third-order valence-corrected chi connectivity index (χ3v) is 9.07. The Morgan fingerprint density at radius 2 is 1.57 bits per heavy atom. The van der Waals surface area contributed by atoms with Gasteiger partial charge in [0.15, 0.2) is 0 Å². The van der Waals surface area contributed by atoms with Crippen molar-refractivity contribution in [1.29, 1.82) is 0 Å². The second kappa shape index (κ2) is 10.3. The Morgan fingerprint density at radius 3 is 2.26 bits per heavy atom. The van der Waals surface area contributed by atoms with Gasteiger partial charge in [0.1, 0.15) is 5.82 Å². The molecule has 0 spiro atoms. The summed E-state index contributed by atoms with van der Waals surface area (Å²) >= 11 is 0. The van der Waals surface area contributed by atoms with Gasteiger partial charge in [-0.1, -0.05) is 36.8 Å². The summed E-state index contributed by atoms with van der Waals surface area (Å²) in [7, 11) is -3.48. The van der Waals surface area contributed by atoms with Crippen molar-refractivity contribution in [2.75, 3.05) is 26.2 Å². The molecular formula is C27H32N4O3S. The SMILES string of the molecule is O=C(c1ccc(S(=O)(=O)N2CCCCC2)cc1)N1CCC(Cn2ccnc2-c2ccccc2)CC1. The van der Waals surface area contributed by atoms with Gasteiger partial charge in [0.25, 0.3) is 5.91 Å². The van der Waals surface area contributed by atoms with Gasteiger partial charge in [-0.25, -0.2) is 13.4 Å². The zero-order chi connectivity index (χ0) is 24.3. The molecule has 2 aliphatic heterocycles. The van der Waals surface area contributed by atoms with Crippen LogP contribution in [0.1, 0.15) is 42.5 Å². The number of aromatic nitrogens is 2. The fourth-order valence-electron chi connectivity index (χ4n) is 5.11. The van der Waals surface area contributed by atoms with Crippen molar-refractivity contribution in [2.45, 2.75) is 43.5 Å². The van der Waals surface area contributed by atoms with Crippen LogP contribution in [0, 0.1) is 5.92 Å². The Hall–Kier alpha value is -2.97. The van der Waals surface area contributed by atoms with Crippen molar-refractivity contribution in [3.8, 4) is 11.4 Å². The minimum atomic E-state index is -3.48. The highest BCUT2D eigenvalue weighted by Crippen LogP contribution is 2.25. The number of carbonyl (C=O) groups is 1. The van der Waals surface area contributed by atoms with Crippen LogP contribution in [-0.2, 0) is 16.6 Å². The quantitative estimate of drug-likeness (QED) is 0.515. The molecule has 0 bridgehead atoms. The zero-order valence-corrected chi connectivity index (χ0v) is 20.7. The van der Waals surface area contributed by atoms with E-state index in [1.54, 1.807) is 28.6 Å². The van der Waals surface area contributed by atoms with Crippen LogP contribution in [0.3, 0.4) is 0 Å². The Bertz CT molecular complexity index is 1240. The van der Waals surface area contributed by atoms with Gasteiger partial charge in [-0.05, 0) is 55.9 Å². The fraction of sp³-hybridized carbons (Fsp3) is 0.407. The van der Waals surface area contributed by atoms with Crippen molar-refractivity contribution < 1.29 is 13.2 Å². The maximum absolute atomic E-state index is 13.1. The van der Waals surface area contributed by atoms with E-state index < -0.39 is 10.0 Å². The van der Waals surface area contributed by atoms with Crippen LogP contribution in [0.25, 0.3) is 11.4 Å². The first kappa shape index (κ1) is 23.8. The molecule has 2 aromatic carbocycles. The molecule has 35 heavy (non-hydrogen) atoms. The van der Waals surface area contributed by atoms with E-state index in [1.165, 1.54) is 0 Å². The van der Waals surface area contributed by atoms with E-state index in [9.17, 15) is 13.2 Å². The van der Waals surface area contributed by atoms with Gasteiger partial charge in [-0.3, -0.25) is 4.79 Å². The number of nitrogens with zero attached hydrogens (tertiary/aromatic N) is 4. The van der Waals surface area contributed by atoms with Crippen LogP contribution in [0.4, 0.5) is 0 Å². The van der Waals surface area contributed by atoms with E-state index >= 15 is 0 Å². The topological polar surface area (TPSA) is 75.5 Å². The second-order valence-electron chi connectivity index (χ2n) is 9.49. The normalized spacial score (nSPS) is 18.0. The minimum Gasteiger partial charge on any atom is -0.339 e. The summed E-state index contributed by atoms with van der Waals surface area (Å²) in [6.07, 6.45) is 8.61. The summed E-state index contributed by atoms with van der Waals surface area (Å²) in [5.74, 6) is 1.43. The summed E-state index contributed by atoms with van der Waals surface area (Å²) in [5.41, 5.74) is 1.65. The smallest absolute Gasteiger partial charge is 0.253 e. The van der Waals surface area contributed by atoms with E-state index in [1.807, 2.05) is 35.5 Å². The van der Waals surface area contributed by atoms with Crippen LogP contribution >= 0.6 is 0 Å². The maximum Gasteiger partial charge on any atom is 0.253 e. The molecule has 8 heteroatoms. The third kappa shape index (κ3) is 5.18. The van der Waals surface area contributed by atoms with E-state index in [-0.39, 0.29) is 10.8 Å². The summed E-state index contributed by atoms with van der Waals surface area (Å²) in [6.45, 7) is 3.43. The molecule has 0 atom stereocenters. The first-order valence-electron chi connectivity index (χ1n) is 12.5. The monoisotopic (exact) mass is 492 g/mol. The number of sulfonamides is 1. The molecule has 3 aromatic rings. The standard InChI is InChI=1S/C27H32N4O3S/c32-27(24-9-11-25(12-10-24)35(33,34)31-16-5-2-6-17-31)29-18-13-22(14-19-29)21-30-20-15-28-26(30)23-7-3-1-4-8-23/h1,3-4,7-12,15,20,22H,2,5-6,13-14,16-19,21H2. The lowest BCUT2D eigenvalue weighted by Crippen LogP contribution is -2.39. The van der Waals surface area contributed by atoms with Crippen molar-refractivity contribution >= 4 is 15.9 Å². The van der Waals surface area contributed by atoms with Gasteiger partial charge in [0.05, 0.1) is 4.90 Å². The molecule has 0 radical (unpaired) electrons. The van der Waals surface area contributed by atoms with Crippen molar-refractivity contribution in [1.82, 2.24) is 18.8 Å². The highest BCUT2D eigenvalue weighted by atomic mass is 32.2. The number of amides is 1. The molecule has 0 unspecified atom stereocenters. The van der Waals surface area contributed by atoms with Crippen LogP contribution < -0.4 is 0 Å². The van der Waals surface area contributed by atoms with E-state index in [0.29, 0.717) is 37.7 Å². The first-order chi connectivity index (χ1) is 17.0. The third-order valence-electron chi connectivity index (χ3n) is 7.16. The summed E-state index contributed by atoms with van der Waals surface area (Å²) in [4.78, 5) is 19.8. The highest BCUT2D eigenvalue weighted by molar-refractivity contribution is 7.89. The number of piperidine rings is 2. The van der Waals surface area contributed by atoms with E-state index in [4.69, 9.17) is 0 Å². The van der Waals surface area contributed by atoms with Gasteiger partial charge < -0.3 is 9.47 Å². The number of rotatable bonds is 6. The molecule has 184 valence electrons. The predicted octanol–water partition coefficient (Wildman–Crippen LogP) is 4.28. The molecule has 5 rings (SSSR count). The number of likely N-dealkylation sites (tertiary alicyclic amines) is 1. The van der Waals surface area contributed by atoms with Gasteiger partial charge in [0.2, 0.25) is 10.0 Å². The molecule has 2 fully saturated rings. The van der Waals surface area contributed by atoms with Crippen molar-refractivity contribution in [3.05, 3.63) is 72.6 Å². The Kier molecular flexibility index (Phi) is 7.02. The molecule has 0 N–H and O–H groups in total. The molecule has 2 aliphatic rings. The number of carbonyl (C=O) groups excluding carboxylic acids is 1. The average molecular weight is 493 g/mol. The Labute approximate surface area is 207 Å². The van der Waals surface area contributed by atoms with Crippen LogP contribution in [0.15, 0.2) is 71.9 Å². The lowest BCUT2D eigenvalue weighted by molar-refractivity contribution is 0.0683. The van der Waals surface area contributed by atoms with Gasteiger partial charge in [0, 0.05) is 56.2 Å². The van der Waals surface area contributed by atoms with Crippen LogP contribution in [-0.4, -0.2) is 59.3 Å².